The third-order valence-electron chi connectivity index (χ3n) is 3.63. The van der Waals surface area contributed by atoms with Gasteiger partial charge in [0.2, 0.25) is 0 Å². The molecule has 4 heteroatoms. The summed E-state index contributed by atoms with van der Waals surface area (Å²) in [5.74, 6) is -0.564. The van der Waals surface area contributed by atoms with Crippen LogP contribution in [0.2, 0.25) is 0 Å². The van der Waals surface area contributed by atoms with Gasteiger partial charge in [0.05, 0.1) is 12.1 Å². The van der Waals surface area contributed by atoms with Crippen molar-refractivity contribution >= 4 is 0 Å². The molecule has 1 aliphatic heterocycles. The zero-order valence-corrected chi connectivity index (χ0v) is 10.8. The van der Waals surface area contributed by atoms with E-state index in [9.17, 15) is 13.9 Å². The third-order valence-corrected chi connectivity index (χ3v) is 3.63. The van der Waals surface area contributed by atoms with Crippen LogP contribution in [0.5, 0.6) is 0 Å². The molecule has 2 nitrogen and oxygen atoms in total. The second-order valence-corrected chi connectivity index (χ2v) is 5.11. The van der Waals surface area contributed by atoms with Gasteiger partial charge in [0, 0.05) is 13.1 Å². The van der Waals surface area contributed by atoms with Gasteiger partial charge in [-0.25, -0.2) is 8.78 Å². The number of aliphatic hydroxyl groups excluding tert-OH is 1. The second kappa shape index (κ2) is 5.31. The van der Waals surface area contributed by atoms with E-state index in [1.165, 1.54) is 24.3 Å². The van der Waals surface area contributed by atoms with E-state index in [-0.39, 0.29) is 23.8 Å². The summed E-state index contributed by atoms with van der Waals surface area (Å²) in [6, 6.07) is 12.5. The first-order valence-electron chi connectivity index (χ1n) is 6.56. The molecule has 1 N–H and O–H groups in total. The highest BCUT2D eigenvalue weighted by atomic mass is 19.1. The molecular weight excluding hydrogens is 260 g/mol. The molecule has 0 aliphatic carbocycles. The van der Waals surface area contributed by atoms with Gasteiger partial charge in [-0.1, -0.05) is 24.3 Å². The summed E-state index contributed by atoms with van der Waals surface area (Å²) in [4.78, 5) is 2.09. The van der Waals surface area contributed by atoms with Crippen LogP contribution in [0.15, 0.2) is 48.5 Å². The highest BCUT2D eigenvalue weighted by molar-refractivity contribution is 5.33. The second-order valence-electron chi connectivity index (χ2n) is 5.11. The molecule has 0 spiro atoms. The summed E-state index contributed by atoms with van der Waals surface area (Å²) in [5, 5.41) is 9.49. The molecule has 3 rings (SSSR count). The fourth-order valence-electron chi connectivity index (χ4n) is 2.60. The van der Waals surface area contributed by atoms with Gasteiger partial charge >= 0.3 is 0 Å². The number of hydrogen-bond acceptors (Lipinski definition) is 2. The van der Waals surface area contributed by atoms with Gasteiger partial charge in [0.15, 0.2) is 0 Å². The molecule has 0 aromatic heterocycles. The number of β-amino-alcohol motifs (C(OH)–C–C–N with tert-alkyl or cyclic N) is 1. The van der Waals surface area contributed by atoms with Crippen LogP contribution in [0.25, 0.3) is 0 Å². The van der Waals surface area contributed by atoms with Crippen LogP contribution in [0.4, 0.5) is 8.78 Å². The van der Waals surface area contributed by atoms with Crippen molar-refractivity contribution in [1.29, 1.82) is 0 Å². The van der Waals surface area contributed by atoms with E-state index in [1.54, 1.807) is 24.3 Å². The first-order valence-corrected chi connectivity index (χ1v) is 6.56. The molecule has 1 saturated heterocycles. The zero-order chi connectivity index (χ0) is 14.1. The maximum Gasteiger partial charge on any atom is 0.123 e. The Morgan fingerprint density at radius 2 is 1.25 bits per heavy atom. The van der Waals surface area contributed by atoms with Gasteiger partial charge in [0.1, 0.15) is 11.6 Å². The number of benzene rings is 2. The van der Waals surface area contributed by atoms with E-state index < -0.39 is 0 Å². The third kappa shape index (κ3) is 2.57. The molecule has 0 amide bonds. The molecule has 1 fully saturated rings. The maximum atomic E-state index is 13.1. The Labute approximate surface area is 116 Å². The summed E-state index contributed by atoms with van der Waals surface area (Å²) in [7, 11) is 0. The number of halogens is 2. The smallest absolute Gasteiger partial charge is 0.123 e. The van der Waals surface area contributed by atoms with Gasteiger partial charge in [-0.05, 0) is 35.4 Å². The van der Waals surface area contributed by atoms with Crippen LogP contribution >= 0.6 is 0 Å². The Morgan fingerprint density at radius 3 is 1.60 bits per heavy atom. The van der Waals surface area contributed by atoms with E-state index in [0.29, 0.717) is 13.1 Å². The summed E-state index contributed by atoms with van der Waals surface area (Å²) >= 11 is 0. The van der Waals surface area contributed by atoms with Crippen LogP contribution in [0, 0.1) is 11.6 Å². The monoisotopic (exact) mass is 275 g/mol. The predicted molar refractivity (Wildman–Crippen MR) is 72.2 cm³/mol. The van der Waals surface area contributed by atoms with Crippen molar-refractivity contribution in [3.05, 3.63) is 71.3 Å². The first-order chi connectivity index (χ1) is 9.63. The topological polar surface area (TPSA) is 23.5 Å². The molecular formula is C16H15F2NO. The maximum absolute atomic E-state index is 13.1. The lowest BCUT2D eigenvalue weighted by molar-refractivity contribution is -0.0160. The minimum Gasteiger partial charge on any atom is -0.390 e. The van der Waals surface area contributed by atoms with Gasteiger partial charge in [-0.15, -0.1) is 0 Å². The summed E-state index contributed by atoms with van der Waals surface area (Å²) < 4.78 is 26.1. The van der Waals surface area contributed by atoms with Crippen molar-refractivity contribution in [3.8, 4) is 0 Å². The highest BCUT2D eigenvalue weighted by Crippen LogP contribution is 2.32. The SMILES string of the molecule is OC1CN(C(c2ccc(F)cc2)c2ccc(F)cc2)C1. The quantitative estimate of drug-likeness (QED) is 0.931. The van der Waals surface area contributed by atoms with E-state index >= 15 is 0 Å². The Hall–Kier alpha value is -1.78. The molecule has 2 aromatic rings. The van der Waals surface area contributed by atoms with Crippen molar-refractivity contribution in [2.45, 2.75) is 12.1 Å². The Morgan fingerprint density at radius 1 is 0.850 bits per heavy atom. The number of rotatable bonds is 3. The lowest BCUT2D eigenvalue weighted by Gasteiger charge is -2.42. The number of nitrogens with zero attached hydrogens (tertiary/aromatic N) is 1. The number of likely N-dealkylation sites (tertiary alicyclic amines) is 1. The molecule has 0 bridgehead atoms. The molecule has 0 saturated carbocycles. The molecule has 1 aliphatic rings. The van der Waals surface area contributed by atoms with Crippen LogP contribution in [0.1, 0.15) is 17.2 Å². The van der Waals surface area contributed by atoms with Crippen molar-refractivity contribution < 1.29 is 13.9 Å². The lowest BCUT2D eigenvalue weighted by atomic mass is 9.94. The van der Waals surface area contributed by atoms with Gasteiger partial charge in [-0.2, -0.15) is 0 Å². The average Bonchev–Trinajstić information content (AvgIpc) is 2.41. The number of hydrogen-bond donors (Lipinski definition) is 1. The van der Waals surface area contributed by atoms with Crippen molar-refractivity contribution in [3.63, 3.8) is 0 Å². The minimum atomic E-state index is -0.321. The first kappa shape index (κ1) is 13.2. The van der Waals surface area contributed by atoms with Crippen LogP contribution < -0.4 is 0 Å². The predicted octanol–water partition coefficient (Wildman–Crippen LogP) is 2.73. The van der Waals surface area contributed by atoms with Gasteiger partial charge in [-0.3, -0.25) is 4.90 Å². The fraction of sp³-hybridized carbons (Fsp3) is 0.250. The number of aliphatic hydroxyl groups is 1. The van der Waals surface area contributed by atoms with Crippen LogP contribution in [-0.2, 0) is 0 Å². The van der Waals surface area contributed by atoms with Gasteiger partial charge < -0.3 is 5.11 Å². The molecule has 0 radical (unpaired) electrons. The summed E-state index contributed by atoms with van der Waals surface area (Å²) in [6.45, 7) is 1.14. The summed E-state index contributed by atoms with van der Waals surface area (Å²) in [6.07, 6.45) is -0.321. The normalized spacial score (nSPS) is 16.4. The largest absolute Gasteiger partial charge is 0.390 e. The molecule has 104 valence electrons. The van der Waals surface area contributed by atoms with E-state index in [0.717, 1.165) is 11.1 Å². The molecule has 1 heterocycles. The Bertz CT molecular complexity index is 531. The fourth-order valence-corrected chi connectivity index (χ4v) is 2.60. The van der Waals surface area contributed by atoms with E-state index in [4.69, 9.17) is 0 Å². The molecule has 20 heavy (non-hydrogen) atoms. The van der Waals surface area contributed by atoms with Gasteiger partial charge in [0.25, 0.3) is 0 Å². The average molecular weight is 275 g/mol. The summed E-state index contributed by atoms with van der Waals surface area (Å²) in [5.41, 5.74) is 1.87. The van der Waals surface area contributed by atoms with E-state index in [1.807, 2.05) is 0 Å². The van der Waals surface area contributed by atoms with Crippen LogP contribution in [0.3, 0.4) is 0 Å². The Kier molecular flexibility index (Phi) is 3.51. The van der Waals surface area contributed by atoms with Crippen molar-refractivity contribution in [1.82, 2.24) is 4.90 Å². The molecule has 0 atom stereocenters. The minimum absolute atomic E-state index is 0.0837. The van der Waals surface area contributed by atoms with Crippen molar-refractivity contribution in [2.24, 2.45) is 0 Å². The molecule has 0 unspecified atom stereocenters. The van der Waals surface area contributed by atoms with Crippen molar-refractivity contribution in [2.75, 3.05) is 13.1 Å². The standard InChI is InChI=1S/C16H15F2NO/c17-13-5-1-11(2-6-13)16(19-9-15(20)10-19)12-3-7-14(18)8-4-12/h1-8,15-16,20H,9-10H2. The van der Waals surface area contributed by atoms with E-state index in [2.05, 4.69) is 4.90 Å². The zero-order valence-electron chi connectivity index (χ0n) is 10.8. The highest BCUT2D eigenvalue weighted by Gasteiger charge is 2.32. The Balaban J connectivity index is 1.95. The van der Waals surface area contributed by atoms with Crippen LogP contribution in [-0.4, -0.2) is 29.2 Å². The lowest BCUT2D eigenvalue weighted by Crippen LogP contribution is -2.52. The molecule has 2 aromatic carbocycles.